The molecule has 0 bridgehead atoms. The van der Waals surface area contributed by atoms with Crippen molar-refractivity contribution in [2.75, 3.05) is 6.61 Å². The molecule has 2 atom stereocenters. The smallest absolute Gasteiger partial charge is 0.233 e. The van der Waals surface area contributed by atoms with Crippen LogP contribution in [0.5, 0.6) is 0 Å². The standard InChI is InChI=1S/C14H27NO2S/c1-5-14(6-2)9-11(7-8-17-14)15-13(16)12(18)10(3)4/h10-12,18H,5-9H2,1-4H3,(H,15,16). The number of nitrogens with one attached hydrogen (secondary N) is 1. The molecular formula is C14H27NO2S. The van der Waals surface area contributed by atoms with E-state index >= 15 is 0 Å². The highest BCUT2D eigenvalue weighted by atomic mass is 32.1. The molecule has 0 spiro atoms. The molecule has 106 valence electrons. The summed E-state index contributed by atoms with van der Waals surface area (Å²) in [4.78, 5) is 12.0. The maximum absolute atomic E-state index is 12.0. The number of ether oxygens (including phenoxy) is 1. The molecule has 18 heavy (non-hydrogen) atoms. The fraction of sp³-hybridized carbons (Fsp3) is 0.929. The predicted octanol–water partition coefficient (Wildman–Crippen LogP) is 2.79. The minimum Gasteiger partial charge on any atom is -0.375 e. The van der Waals surface area contributed by atoms with Crippen molar-refractivity contribution in [2.24, 2.45) is 5.92 Å². The van der Waals surface area contributed by atoms with Crippen LogP contribution in [-0.2, 0) is 9.53 Å². The Balaban J connectivity index is 2.55. The third-order valence-electron chi connectivity index (χ3n) is 4.03. The third kappa shape index (κ3) is 3.89. The lowest BCUT2D eigenvalue weighted by atomic mass is 9.86. The highest BCUT2D eigenvalue weighted by Crippen LogP contribution is 2.31. The molecule has 1 aliphatic rings. The first-order valence-corrected chi connectivity index (χ1v) is 7.58. The molecule has 4 heteroatoms. The monoisotopic (exact) mass is 273 g/mol. The van der Waals surface area contributed by atoms with Gasteiger partial charge in [-0.05, 0) is 31.6 Å². The van der Waals surface area contributed by atoms with E-state index in [2.05, 4.69) is 31.8 Å². The van der Waals surface area contributed by atoms with Gasteiger partial charge in [-0.2, -0.15) is 12.6 Å². The molecular weight excluding hydrogens is 246 g/mol. The number of carbonyl (C=O) groups excluding carboxylic acids is 1. The van der Waals surface area contributed by atoms with Crippen LogP contribution < -0.4 is 5.32 Å². The van der Waals surface area contributed by atoms with Crippen LogP contribution >= 0.6 is 12.6 Å². The van der Waals surface area contributed by atoms with Crippen LogP contribution in [0.4, 0.5) is 0 Å². The van der Waals surface area contributed by atoms with Crippen molar-refractivity contribution < 1.29 is 9.53 Å². The topological polar surface area (TPSA) is 38.3 Å². The molecule has 2 unspecified atom stereocenters. The summed E-state index contributed by atoms with van der Waals surface area (Å²) in [6, 6.07) is 0.236. The molecule has 1 rings (SSSR count). The van der Waals surface area contributed by atoms with Crippen LogP contribution in [0, 0.1) is 5.92 Å². The lowest BCUT2D eigenvalue weighted by Crippen LogP contribution is -2.50. The van der Waals surface area contributed by atoms with Gasteiger partial charge in [0.2, 0.25) is 5.91 Å². The van der Waals surface area contributed by atoms with Gasteiger partial charge in [0.05, 0.1) is 10.9 Å². The van der Waals surface area contributed by atoms with E-state index in [1.54, 1.807) is 0 Å². The molecule has 0 aromatic heterocycles. The van der Waals surface area contributed by atoms with Crippen LogP contribution in [0.3, 0.4) is 0 Å². The summed E-state index contributed by atoms with van der Waals surface area (Å²) in [6.07, 6.45) is 3.84. The number of rotatable bonds is 5. The number of hydrogen-bond donors (Lipinski definition) is 2. The number of hydrogen-bond acceptors (Lipinski definition) is 3. The molecule has 0 radical (unpaired) electrons. The molecule has 1 heterocycles. The number of amides is 1. The van der Waals surface area contributed by atoms with Crippen molar-refractivity contribution in [3.63, 3.8) is 0 Å². The van der Waals surface area contributed by atoms with Gasteiger partial charge in [-0.1, -0.05) is 27.7 Å². The molecule has 0 saturated carbocycles. The zero-order chi connectivity index (χ0) is 13.8. The van der Waals surface area contributed by atoms with Gasteiger partial charge >= 0.3 is 0 Å². The van der Waals surface area contributed by atoms with Crippen molar-refractivity contribution in [3.05, 3.63) is 0 Å². The highest BCUT2D eigenvalue weighted by Gasteiger charge is 2.35. The molecule has 1 fully saturated rings. The summed E-state index contributed by atoms with van der Waals surface area (Å²) < 4.78 is 5.91. The first-order chi connectivity index (χ1) is 8.44. The average molecular weight is 273 g/mol. The lowest BCUT2D eigenvalue weighted by molar-refractivity contribution is -0.126. The quantitative estimate of drug-likeness (QED) is 0.756. The molecule has 3 nitrogen and oxygen atoms in total. The molecule has 0 aromatic rings. The molecule has 1 saturated heterocycles. The molecule has 0 aliphatic carbocycles. The second kappa shape index (κ2) is 6.80. The zero-order valence-corrected chi connectivity index (χ0v) is 12.9. The van der Waals surface area contributed by atoms with E-state index in [4.69, 9.17) is 4.74 Å². The summed E-state index contributed by atoms with van der Waals surface area (Å²) in [6.45, 7) is 9.09. The second-order valence-electron chi connectivity index (χ2n) is 5.63. The van der Waals surface area contributed by atoms with E-state index in [-0.39, 0.29) is 28.7 Å². The van der Waals surface area contributed by atoms with Gasteiger partial charge in [-0.15, -0.1) is 0 Å². The average Bonchev–Trinajstić information content (AvgIpc) is 2.37. The summed E-state index contributed by atoms with van der Waals surface area (Å²) in [5, 5.41) is 2.91. The summed E-state index contributed by atoms with van der Waals surface area (Å²) in [5.41, 5.74) is -0.0415. The SMILES string of the molecule is CCC1(CC)CC(NC(=O)C(S)C(C)C)CCO1. The van der Waals surface area contributed by atoms with E-state index < -0.39 is 0 Å². The van der Waals surface area contributed by atoms with Crippen molar-refractivity contribution in [1.82, 2.24) is 5.32 Å². The van der Waals surface area contributed by atoms with Crippen molar-refractivity contribution >= 4 is 18.5 Å². The van der Waals surface area contributed by atoms with Gasteiger partial charge in [0.1, 0.15) is 0 Å². The van der Waals surface area contributed by atoms with Gasteiger partial charge in [0.15, 0.2) is 0 Å². The fourth-order valence-electron chi connectivity index (χ4n) is 2.48. The van der Waals surface area contributed by atoms with Crippen LogP contribution in [0.15, 0.2) is 0 Å². The predicted molar refractivity (Wildman–Crippen MR) is 78.0 cm³/mol. The third-order valence-corrected chi connectivity index (χ3v) is 4.86. The van der Waals surface area contributed by atoms with Crippen molar-refractivity contribution in [3.8, 4) is 0 Å². The highest BCUT2D eigenvalue weighted by molar-refractivity contribution is 7.81. The Morgan fingerprint density at radius 3 is 2.56 bits per heavy atom. The Morgan fingerprint density at radius 1 is 1.44 bits per heavy atom. The van der Waals surface area contributed by atoms with Crippen LogP contribution in [-0.4, -0.2) is 29.4 Å². The van der Waals surface area contributed by atoms with Crippen LogP contribution in [0.1, 0.15) is 53.4 Å². The minimum atomic E-state index is -0.217. The molecule has 1 amide bonds. The van der Waals surface area contributed by atoms with Crippen LogP contribution in [0.25, 0.3) is 0 Å². The Morgan fingerprint density at radius 2 is 2.06 bits per heavy atom. The minimum absolute atomic E-state index is 0.0415. The van der Waals surface area contributed by atoms with Gasteiger partial charge in [0.25, 0.3) is 0 Å². The Kier molecular flexibility index (Phi) is 5.99. The van der Waals surface area contributed by atoms with Gasteiger partial charge in [0, 0.05) is 12.6 Å². The second-order valence-corrected chi connectivity index (χ2v) is 6.18. The molecule has 1 aliphatic heterocycles. The Hall–Kier alpha value is -0.220. The lowest BCUT2D eigenvalue weighted by Gasteiger charge is -2.40. The van der Waals surface area contributed by atoms with Crippen LogP contribution in [0.2, 0.25) is 0 Å². The fourth-order valence-corrected chi connectivity index (χ4v) is 2.56. The van der Waals surface area contributed by atoms with Crippen molar-refractivity contribution in [1.29, 1.82) is 0 Å². The largest absolute Gasteiger partial charge is 0.375 e. The summed E-state index contributed by atoms with van der Waals surface area (Å²) in [5.74, 6) is 0.316. The Labute approximate surface area is 116 Å². The Bertz CT molecular complexity index is 277. The number of thiol groups is 1. The van der Waals surface area contributed by atoms with E-state index in [1.165, 1.54) is 0 Å². The summed E-state index contributed by atoms with van der Waals surface area (Å²) >= 11 is 4.37. The van der Waals surface area contributed by atoms with Gasteiger partial charge in [-0.25, -0.2) is 0 Å². The molecule has 0 aromatic carbocycles. The van der Waals surface area contributed by atoms with E-state index in [1.807, 2.05) is 13.8 Å². The van der Waals surface area contributed by atoms with Gasteiger partial charge in [-0.3, -0.25) is 4.79 Å². The van der Waals surface area contributed by atoms with Crippen molar-refractivity contribution in [2.45, 2.75) is 70.3 Å². The number of carbonyl (C=O) groups is 1. The first-order valence-electron chi connectivity index (χ1n) is 7.06. The zero-order valence-electron chi connectivity index (χ0n) is 12.0. The first kappa shape index (κ1) is 15.8. The van der Waals surface area contributed by atoms with E-state index in [0.717, 1.165) is 32.3 Å². The van der Waals surface area contributed by atoms with E-state index in [9.17, 15) is 4.79 Å². The summed E-state index contributed by atoms with van der Waals surface area (Å²) in [7, 11) is 0. The van der Waals surface area contributed by atoms with E-state index in [0.29, 0.717) is 0 Å². The maximum Gasteiger partial charge on any atom is 0.233 e. The maximum atomic E-state index is 12.0. The normalized spacial score (nSPS) is 24.9. The van der Waals surface area contributed by atoms with Gasteiger partial charge < -0.3 is 10.1 Å². The molecule has 1 N–H and O–H groups in total.